The number of nitrogens with zero attached hydrogens (tertiary/aromatic N) is 5. The smallest absolute Gasteiger partial charge is 0.417 e. The highest BCUT2D eigenvalue weighted by Gasteiger charge is 2.56. The van der Waals surface area contributed by atoms with Crippen molar-refractivity contribution in [3.63, 3.8) is 0 Å². The van der Waals surface area contributed by atoms with E-state index >= 15 is 0 Å². The van der Waals surface area contributed by atoms with E-state index in [9.17, 15) is 18.3 Å². The number of hydrogen-bond acceptors (Lipinski definition) is 7. The molecule has 0 radical (unpaired) electrons. The van der Waals surface area contributed by atoms with E-state index in [1.54, 1.807) is 10.4 Å². The van der Waals surface area contributed by atoms with E-state index in [4.69, 9.17) is 4.74 Å². The van der Waals surface area contributed by atoms with Crippen LogP contribution in [0.4, 0.5) is 10.6 Å². The molecule has 12 heteroatoms. The number of piperazine rings is 1. The fourth-order valence-corrected chi connectivity index (χ4v) is 5.75. The first-order valence-corrected chi connectivity index (χ1v) is 10.5. The van der Waals surface area contributed by atoms with Crippen LogP contribution in [0.3, 0.4) is 0 Å². The van der Waals surface area contributed by atoms with Crippen LogP contribution in [0.25, 0.3) is 11.0 Å². The first kappa shape index (κ1) is 17.8. The first-order valence-electron chi connectivity index (χ1n) is 9.08. The lowest BCUT2D eigenvalue weighted by atomic mass is 10.2. The van der Waals surface area contributed by atoms with Gasteiger partial charge >= 0.3 is 6.09 Å². The lowest BCUT2D eigenvalue weighted by Crippen LogP contribution is -2.62. The molecule has 1 saturated carbocycles. The number of nitrogens with one attached hydrogen (secondary N) is 1. The van der Waals surface area contributed by atoms with Gasteiger partial charge in [-0.15, -0.1) is 0 Å². The molecule has 2 aromatic heterocycles. The topological polar surface area (TPSA) is 130 Å². The highest BCUT2D eigenvalue weighted by molar-refractivity contribution is 7.87. The van der Waals surface area contributed by atoms with Gasteiger partial charge in [-0.25, -0.2) is 19.3 Å². The number of rotatable bonds is 4. The normalized spacial score (nSPS) is 22.5. The average Bonchev–Trinajstić information content (AvgIpc) is 3.22. The Morgan fingerprint density at radius 2 is 2.07 bits per heavy atom. The second kappa shape index (κ2) is 6.11. The molecule has 2 aromatic rings. The molecule has 1 spiro atoms. The van der Waals surface area contributed by atoms with Crippen LogP contribution in [-0.2, 0) is 14.9 Å². The van der Waals surface area contributed by atoms with Gasteiger partial charge in [0.05, 0.1) is 30.2 Å². The molecule has 0 bridgehead atoms. The molecule has 2 saturated heterocycles. The minimum atomic E-state index is -3.58. The summed E-state index contributed by atoms with van der Waals surface area (Å²) in [5, 5.41) is 9.93. The number of carboxylic acid groups (broad SMARTS) is 1. The Morgan fingerprint density at radius 1 is 1.29 bits per heavy atom. The third kappa shape index (κ3) is 2.75. The van der Waals surface area contributed by atoms with Crippen LogP contribution in [0.5, 0.6) is 0 Å². The summed E-state index contributed by atoms with van der Waals surface area (Å²) in [5.41, 5.74) is -0.120. The molecule has 3 aliphatic rings. The van der Waals surface area contributed by atoms with Gasteiger partial charge in [-0.2, -0.15) is 17.4 Å². The Labute approximate surface area is 161 Å². The molecule has 0 unspecified atom stereocenters. The zero-order chi connectivity index (χ0) is 19.5. The van der Waals surface area contributed by atoms with E-state index in [1.165, 1.54) is 12.5 Å². The van der Waals surface area contributed by atoms with Crippen molar-refractivity contribution in [1.82, 2.24) is 23.6 Å². The van der Waals surface area contributed by atoms with Crippen molar-refractivity contribution in [2.45, 2.75) is 24.4 Å². The van der Waals surface area contributed by atoms with Crippen molar-refractivity contribution in [2.24, 2.45) is 0 Å². The maximum atomic E-state index is 12.8. The zero-order valence-corrected chi connectivity index (χ0v) is 15.8. The number of aromatic nitrogens is 3. The van der Waals surface area contributed by atoms with Crippen molar-refractivity contribution in [1.29, 1.82) is 0 Å². The summed E-state index contributed by atoms with van der Waals surface area (Å²) in [7, 11) is -3.58. The summed E-state index contributed by atoms with van der Waals surface area (Å²) in [4.78, 5) is 21.8. The molecule has 3 fully saturated rings. The molecule has 0 amide bonds. The third-order valence-electron chi connectivity index (χ3n) is 5.62. The molecule has 11 nitrogen and oxygen atoms in total. The van der Waals surface area contributed by atoms with Crippen LogP contribution in [0.15, 0.2) is 18.6 Å². The van der Waals surface area contributed by atoms with Crippen molar-refractivity contribution < 1.29 is 23.1 Å². The second-order valence-electron chi connectivity index (χ2n) is 7.48. The Kier molecular flexibility index (Phi) is 3.88. The summed E-state index contributed by atoms with van der Waals surface area (Å²) < 4.78 is 36.1. The first-order chi connectivity index (χ1) is 13.4. The van der Waals surface area contributed by atoms with Crippen molar-refractivity contribution >= 4 is 33.2 Å². The van der Waals surface area contributed by atoms with Crippen LogP contribution in [-0.4, -0.2) is 82.9 Å². The van der Waals surface area contributed by atoms with Crippen LogP contribution >= 0.6 is 0 Å². The number of carbonyl (C=O) groups is 1. The molecule has 1 aliphatic carbocycles. The predicted octanol–water partition coefficient (Wildman–Crippen LogP) is -0.155. The minimum absolute atomic E-state index is 0.156. The van der Waals surface area contributed by atoms with E-state index in [0.717, 1.165) is 17.4 Å². The van der Waals surface area contributed by atoms with Crippen molar-refractivity contribution in [2.75, 3.05) is 37.7 Å². The zero-order valence-electron chi connectivity index (χ0n) is 15.0. The molecule has 28 heavy (non-hydrogen) atoms. The third-order valence-corrected chi connectivity index (χ3v) is 7.41. The van der Waals surface area contributed by atoms with Gasteiger partial charge in [0.15, 0.2) is 5.65 Å². The highest BCUT2D eigenvalue weighted by atomic mass is 32.2. The SMILES string of the molecule is O=C(O)n1ccc2c(N3CCN(S(=O)(=O)NC4COC4)C4(CC4)C3)ncnc21. The van der Waals surface area contributed by atoms with Crippen LogP contribution in [0.1, 0.15) is 12.8 Å². The Balaban J connectivity index is 1.42. The molecule has 5 rings (SSSR count). The number of fused-ring (bicyclic) bond motifs is 1. The standard InChI is InChI=1S/C16H20N6O5S/c23-15(24)21-4-1-12-13(17-10-18-14(12)21)20-5-6-22(16(9-20)2-3-16)28(25,26)19-11-7-27-8-11/h1,4,10-11,19H,2-3,5-9H2,(H,23,24). The fraction of sp³-hybridized carbons (Fsp3) is 0.562. The lowest BCUT2D eigenvalue weighted by Gasteiger charge is -2.42. The van der Waals surface area contributed by atoms with Crippen molar-refractivity contribution in [3.8, 4) is 0 Å². The van der Waals surface area contributed by atoms with Gasteiger partial charge in [-0.3, -0.25) is 0 Å². The summed E-state index contributed by atoms with van der Waals surface area (Å²) >= 11 is 0. The van der Waals surface area contributed by atoms with E-state index in [-0.39, 0.29) is 6.04 Å². The Hall–Kier alpha value is -2.28. The number of anilines is 1. The van der Waals surface area contributed by atoms with Gasteiger partial charge in [0.25, 0.3) is 10.2 Å². The summed E-state index contributed by atoms with van der Waals surface area (Å²) in [6, 6.07) is 1.52. The second-order valence-corrected chi connectivity index (χ2v) is 9.10. The van der Waals surface area contributed by atoms with Crippen LogP contribution in [0.2, 0.25) is 0 Å². The van der Waals surface area contributed by atoms with Crippen molar-refractivity contribution in [3.05, 3.63) is 18.6 Å². The molecule has 2 aliphatic heterocycles. The predicted molar refractivity (Wildman–Crippen MR) is 98.5 cm³/mol. The maximum absolute atomic E-state index is 12.8. The van der Waals surface area contributed by atoms with Gasteiger partial charge in [0, 0.05) is 25.8 Å². The molecular formula is C16H20N6O5S. The van der Waals surface area contributed by atoms with Gasteiger partial charge in [-0.1, -0.05) is 0 Å². The van der Waals surface area contributed by atoms with Crippen LogP contribution < -0.4 is 9.62 Å². The molecule has 150 valence electrons. The Morgan fingerprint density at radius 3 is 2.71 bits per heavy atom. The van der Waals surface area contributed by atoms with E-state index < -0.39 is 21.8 Å². The fourth-order valence-electron chi connectivity index (χ4n) is 3.99. The number of ether oxygens (including phenoxy) is 1. The van der Waals surface area contributed by atoms with E-state index in [2.05, 4.69) is 14.7 Å². The highest BCUT2D eigenvalue weighted by Crippen LogP contribution is 2.46. The molecule has 0 atom stereocenters. The van der Waals surface area contributed by atoms with Gasteiger partial charge < -0.3 is 14.7 Å². The lowest BCUT2D eigenvalue weighted by molar-refractivity contribution is 0.00383. The Bertz CT molecular complexity index is 1040. The largest absolute Gasteiger partial charge is 0.464 e. The van der Waals surface area contributed by atoms with E-state index in [1.807, 2.05) is 4.90 Å². The summed E-state index contributed by atoms with van der Waals surface area (Å²) in [6.07, 6.45) is 3.26. The van der Waals surface area contributed by atoms with E-state index in [0.29, 0.717) is 49.7 Å². The van der Waals surface area contributed by atoms with Gasteiger partial charge in [-0.05, 0) is 18.9 Å². The monoisotopic (exact) mass is 408 g/mol. The molecule has 0 aromatic carbocycles. The quantitative estimate of drug-likeness (QED) is 0.714. The summed E-state index contributed by atoms with van der Waals surface area (Å²) in [6.45, 7) is 2.14. The minimum Gasteiger partial charge on any atom is -0.464 e. The maximum Gasteiger partial charge on any atom is 0.417 e. The van der Waals surface area contributed by atoms with Gasteiger partial charge in [0.1, 0.15) is 12.1 Å². The average molecular weight is 408 g/mol. The number of hydrogen-bond donors (Lipinski definition) is 2. The van der Waals surface area contributed by atoms with Gasteiger partial charge in [0.2, 0.25) is 0 Å². The summed E-state index contributed by atoms with van der Waals surface area (Å²) in [5.74, 6) is 0.633. The molecule has 2 N–H and O–H groups in total. The molecular weight excluding hydrogens is 388 g/mol. The van der Waals surface area contributed by atoms with Crippen LogP contribution in [0, 0.1) is 0 Å². The molecule has 4 heterocycles.